The van der Waals surface area contributed by atoms with Crippen LogP contribution >= 0.6 is 15.9 Å². The molecule has 0 N–H and O–H groups in total. The molecule has 6 nitrogen and oxygen atoms in total. The zero-order valence-electron chi connectivity index (χ0n) is 13.2. The van der Waals surface area contributed by atoms with Gasteiger partial charge in [-0.3, -0.25) is 19.3 Å². The van der Waals surface area contributed by atoms with Gasteiger partial charge in [-0.25, -0.2) is 4.79 Å². The maximum atomic E-state index is 12.9. The number of benzene rings is 2. The normalized spacial score (nSPS) is 16.2. The van der Waals surface area contributed by atoms with E-state index in [1.54, 1.807) is 36.4 Å². The third kappa shape index (κ3) is 2.40. The van der Waals surface area contributed by atoms with Gasteiger partial charge in [0.2, 0.25) is 0 Å². The highest BCUT2D eigenvalue weighted by atomic mass is 79.9. The van der Waals surface area contributed by atoms with Crippen LogP contribution in [0.15, 0.2) is 64.3 Å². The van der Waals surface area contributed by atoms with Crippen LogP contribution in [0.2, 0.25) is 0 Å². The molecular formula is C19H10BrNO5. The zero-order valence-corrected chi connectivity index (χ0v) is 14.8. The Morgan fingerprint density at radius 1 is 1.00 bits per heavy atom. The molecule has 0 atom stereocenters. The van der Waals surface area contributed by atoms with Crippen molar-refractivity contribution in [2.75, 3.05) is 4.90 Å². The molecule has 4 rings (SSSR count). The number of fused-ring (bicyclic) bond motifs is 3. The van der Waals surface area contributed by atoms with Gasteiger partial charge in [-0.2, -0.15) is 0 Å². The number of ether oxygens (including phenoxy) is 1. The minimum atomic E-state index is -1.01. The number of hydrogen-bond acceptors (Lipinski definition) is 5. The first-order chi connectivity index (χ1) is 12.5. The Hall–Kier alpha value is -3.06. The Bertz CT molecular complexity index is 1020. The third-order valence-electron chi connectivity index (χ3n) is 4.20. The summed E-state index contributed by atoms with van der Waals surface area (Å²) in [4.78, 5) is 51.4. The number of carbonyl (C=O) groups excluding carboxylic acids is 4. The van der Waals surface area contributed by atoms with Gasteiger partial charge in [0.25, 0.3) is 5.78 Å². The monoisotopic (exact) mass is 411 g/mol. The predicted octanol–water partition coefficient (Wildman–Crippen LogP) is 2.56. The molecular weight excluding hydrogens is 402 g/mol. The second-order valence-corrected chi connectivity index (χ2v) is 6.65. The zero-order chi connectivity index (χ0) is 18.4. The first-order valence-corrected chi connectivity index (χ1v) is 8.46. The van der Waals surface area contributed by atoms with Crippen molar-refractivity contribution >= 4 is 45.1 Å². The minimum Gasteiger partial charge on any atom is -0.456 e. The molecule has 2 heterocycles. The van der Waals surface area contributed by atoms with Gasteiger partial charge in [-0.05, 0) is 30.3 Å². The molecule has 7 heteroatoms. The lowest BCUT2D eigenvalue weighted by Gasteiger charge is -2.16. The van der Waals surface area contributed by atoms with Gasteiger partial charge in [0.15, 0.2) is 11.5 Å². The topological polar surface area (TPSA) is 80.8 Å². The second-order valence-electron chi connectivity index (χ2n) is 5.73. The predicted molar refractivity (Wildman–Crippen MR) is 94.2 cm³/mol. The van der Waals surface area contributed by atoms with Crippen LogP contribution in [0.4, 0.5) is 5.69 Å². The SMILES string of the molecule is O=C1OCc2ccccc2N2C(=O)C(=O)C(C(=O)c3ccc(Br)cc3)=C12. The highest BCUT2D eigenvalue weighted by Gasteiger charge is 2.48. The summed E-state index contributed by atoms with van der Waals surface area (Å²) in [5, 5.41) is 0. The van der Waals surface area contributed by atoms with Crippen LogP contribution in [0.25, 0.3) is 0 Å². The molecule has 0 unspecified atom stereocenters. The summed E-state index contributed by atoms with van der Waals surface area (Å²) in [6, 6.07) is 13.0. The van der Waals surface area contributed by atoms with Gasteiger partial charge in [0.1, 0.15) is 12.2 Å². The number of cyclic esters (lactones) is 1. The Morgan fingerprint density at radius 3 is 2.42 bits per heavy atom. The van der Waals surface area contributed by atoms with Crippen molar-refractivity contribution in [1.82, 2.24) is 0 Å². The fraction of sp³-hybridized carbons (Fsp3) is 0.0526. The van der Waals surface area contributed by atoms with E-state index >= 15 is 0 Å². The third-order valence-corrected chi connectivity index (χ3v) is 4.73. The Morgan fingerprint density at radius 2 is 1.69 bits per heavy atom. The summed E-state index contributed by atoms with van der Waals surface area (Å²) in [5.74, 6) is -3.51. The van der Waals surface area contributed by atoms with E-state index in [4.69, 9.17) is 4.74 Å². The molecule has 1 amide bonds. The molecule has 0 fully saturated rings. The summed E-state index contributed by atoms with van der Waals surface area (Å²) in [5.41, 5.74) is 0.362. The standard InChI is InChI=1S/C19H10BrNO5/c20-12-7-5-10(6-8-12)16(22)14-15-19(25)26-9-11-3-1-2-4-13(11)21(15)18(24)17(14)23/h1-8H,9H2. The quantitative estimate of drug-likeness (QED) is 0.328. The van der Waals surface area contributed by atoms with E-state index < -0.39 is 29.0 Å². The van der Waals surface area contributed by atoms with Gasteiger partial charge >= 0.3 is 11.9 Å². The number of rotatable bonds is 2. The van der Waals surface area contributed by atoms with E-state index in [-0.39, 0.29) is 17.9 Å². The smallest absolute Gasteiger partial charge is 0.356 e. The fourth-order valence-corrected chi connectivity index (χ4v) is 3.24. The lowest BCUT2D eigenvalue weighted by Crippen LogP contribution is -2.30. The Kier molecular flexibility index (Phi) is 3.81. The van der Waals surface area contributed by atoms with Crippen LogP contribution in [0, 0.1) is 0 Å². The molecule has 0 radical (unpaired) electrons. The van der Waals surface area contributed by atoms with E-state index in [1.165, 1.54) is 12.1 Å². The highest BCUT2D eigenvalue weighted by Crippen LogP contribution is 2.36. The number of Topliss-reactive ketones (excluding diaryl/α,β-unsaturated/α-hetero) is 2. The van der Waals surface area contributed by atoms with Crippen molar-refractivity contribution < 1.29 is 23.9 Å². The van der Waals surface area contributed by atoms with Gasteiger partial charge < -0.3 is 4.74 Å². The van der Waals surface area contributed by atoms with Crippen molar-refractivity contribution in [3.8, 4) is 0 Å². The molecule has 0 aromatic heterocycles. The number of ketones is 2. The van der Waals surface area contributed by atoms with Crippen molar-refractivity contribution in [1.29, 1.82) is 0 Å². The van der Waals surface area contributed by atoms with Gasteiger partial charge in [-0.15, -0.1) is 0 Å². The summed E-state index contributed by atoms with van der Waals surface area (Å²) in [6.45, 7) is -0.0454. The number of anilines is 1. The molecule has 0 bridgehead atoms. The molecule has 0 saturated carbocycles. The van der Waals surface area contributed by atoms with Gasteiger partial charge in [0, 0.05) is 15.6 Å². The number of para-hydroxylation sites is 1. The van der Waals surface area contributed by atoms with Crippen molar-refractivity contribution in [2.24, 2.45) is 0 Å². The molecule has 128 valence electrons. The van der Waals surface area contributed by atoms with Crippen LogP contribution in [0.3, 0.4) is 0 Å². The average Bonchev–Trinajstić information content (AvgIpc) is 2.81. The van der Waals surface area contributed by atoms with Crippen LogP contribution in [-0.4, -0.2) is 23.4 Å². The molecule has 2 aromatic carbocycles. The van der Waals surface area contributed by atoms with Gasteiger partial charge in [0.05, 0.1) is 5.69 Å². The Balaban J connectivity index is 1.92. The second kappa shape index (κ2) is 6.03. The van der Waals surface area contributed by atoms with Crippen LogP contribution in [-0.2, 0) is 25.7 Å². The van der Waals surface area contributed by atoms with E-state index in [9.17, 15) is 19.2 Å². The molecule has 0 saturated heterocycles. The number of amides is 1. The lowest BCUT2D eigenvalue weighted by atomic mass is 10.00. The van der Waals surface area contributed by atoms with E-state index in [0.29, 0.717) is 11.3 Å². The fourth-order valence-electron chi connectivity index (χ4n) is 2.97. The first kappa shape index (κ1) is 16.4. The molecule has 0 aliphatic carbocycles. The van der Waals surface area contributed by atoms with E-state index in [0.717, 1.165) is 9.37 Å². The van der Waals surface area contributed by atoms with E-state index in [2.05, 4.69) is 15.9 Å². The summed E-state index contributed by atoms with van der Waals surface area (Å²) in [6.07, 6.45) is 0. The molecule has 2 aliphatic rings. The molecule has 2 aromatic rings. The molecule has 0 spiro atoms. The highest BCUT2D eigenvalue weighted by molar-refractivity contribution is 9.10. The molecule has 2 aliphatic heterocycles. The Labute approximate surface area is 156 Å². The van der Waals surface area contributed by atoms with Crippen molar-refractivity contribution in [2.45, 2.75) is 6.61 Å². The van der Waals surface area contributed by atoms with Crippen molar-refractivity contribution in [3.63, 3.8) is 0 Å². The van der Waals surface area contributed by atoms with Crippen LogP contribution in [0.5, 0.6) is 0 Å². The number of hydrogen-bond donors (Lipinski definition) is 0. The van der Waals surface area contributed by atoms with Crippen LogP contribution in [0.1, 0.15) is 15.9 Å². The number of nitrogens with zero attached hydrogens (tertiary/aromatic N) is 1. The van der Waals surface area contributed by atoms with Crippen molar-refractivity contribution in [3.05, 3.63) is 75.4 Å². The summed E-state index contributed by atoms with van der Waals surface area (Å²) in [7, 11) is 0. The average molecular weight is 412 g/mol. The van der Waals surface area contributed by atoms with Gasteiger partial charge in [-0.1, -0.05) is 34.1 Å². The maximum absolute atomic E-state index is 12.9. The first-order valence-electron chi connectivity index (χ1n) is 7.67. The summed E-state index contributed by atoms with van der Waals surface area (Å²) < 4.78 is 5.93. The maximum Gasteiger partial charge on any atom is 0.356 e. The lowest BCUT2D eigenvalue weighted by molar-refractivity contribution is -0.140. The minimum absolute atomic E-state index is 0.0454. The summed E-state index contributed by atoms with van der Waals surface area (Å²) >= 11 is 3.27. The van der Waals surface area contributed by atoms with E-state index in [1.807, 2.05) is 0 Å². The molecule has 26 heavy (non-hydrogen) atoms. The number of esters is 1. The number of halogens is 1. The van der Waals surface area contributed by atoms with Crippen LogP contribution < -0.4 is 4.90 Å². The largest absolute Gasteiger partial charge is 0.456 e. The number of carbonyl (C=O) groups is 4.